The second kappa shape index (κ2) is 4.77. The van der Waals surface area contributed by atoms with E-state index in [1.54, 1.807) is 0 Å². The van der Waals surface area contributed by atoms with Crippen molar-refractivity contribution in [1.29, 1.82) is 0 Å². The summed E-state index contributed by atoms with van der Waals surface area (Å²) in [6.07, 6.45) is 0. The highest BCUT2D eigenvalue weighted by molar-refractivity contribution is 5.90. The number of pyridine rings is 1. The van der Waals surface area contributed by atoms with E-state index < -0.39 is 35.3 Å². The van der Waals surface area contributed by atoms with Crippen molar-refractivity contribution in [3.05, 3.63) is 17.7 Å². The SMILES string of the molecule is NC(=O)N(N)c1nc(N(N)C(N)=O)c(F)cc1F. The largest absolute Gasteiger partial charge is 0.350 e. The van der Waals surface area contributed by atoms with Gasteiger partial charge in [-0.05, 0) is 0 Å². The third kappa shape index (κ3) is 2.41. The first-order valence-electron chi connectivity index (χ1n) is 4.30. The molecule has 0 aliphatic heterocycles. The van der Waals surface area contributed by atoms with Crippen LogP contribution in [0.25, 0.3) is 0 Å². The number of carbonyl (C=O) groups is 2. The van der Waals surface area contributed by atoms with E-state index in [4.69, 9.17) is 23.2 Å². The summed E-state index contributed by atoms with van der Waals surface area (Å²) in [4.78, 5) is 24.7. The molecule has 0 radical (unpaired) electrons. The fraction of sp³-hybridized carbons (Fsp3) is 0. The van der Waals surface area contributed by atoms with Crippen molar-refractivity contribution in [3.63, 3.8) is 0 Å². The van der Waals surface area contributed by atoms with Gasteiger partial charge in [-0.2, -0.15) is 0 Å². The van der Waals surface area contributed by atoms with E-state index in [1.165, 1.54) is 0 Å². The predicted octanol–water partition coefficient (Wildman–Crippen LogP) is -1.12. The molecule has 0 aliphatic rings. The molecular weight excluding hydrogens is 252 g/mol. The summed E-state index contributed by atoms with van der Waals surface area (Å²) < 4.78 is 26.6. The third-order valence-electron chi connectivity index (χ3n) is 1.82. The second-order valence-corrected chi connectivity index (χ2v) is 3.02. The highest BCUT2D eigenvalue weighted by atomic mass is 19.1. The first kappa shape index (κ1) is 13.5. The maximum Gasteiger partial charge on any atom is 0.335 e. The summed E-state index contributed by atoms with van der Waals surface area (Å²) in [6, 6.07) is -2.17. The Morgan fingerprint density at radius 3 is 1.61 bits per heavy atom. The second-order valence-electron chi connectivity index (χ2n) is 3.02. The summed E-state index contributed by atoms with van der Waals surface area (Å²) in [5, 5.41) is 0.236. The van der Waals surface area contributed by atoms with Crippen LogP contribution in [0.5, 0.6) is 0 Å². The standard InChI is InChI=1S/C7H9F2N7O2/c8-2-1-3(9)5(16(13)7(11)18)14-4(2)15(12)6(10)17/h1H,12-13H2,(H2,10,17)(H2,11,18). The molecule has 18 heavy (non-hydrogen) atoms. The van der Waals surface area contributed by atoms with Crippen molar-refractivity contribution in [2.45, 2.75) is 0 Å². The minimum absolute atomic E-state index is 0.118. The Morgan fingerprint density at radius 2 is 1.33 bits per heavy atom. The Bertz CT molecular complexity index is 468. The zero-order valence-corrected chi connectivity index (χ0v) is 8.80. The molecule has 11 heteroatoms. The Labute approximate surface area is 98.9 Å². The number of urea groups is 2. The number of aromatic nitrogens is 1. The zero-order valence-electron chi connectivity index (χ0n) is 8.80. The van der Waals surface area contributed by atoms with Gasteiger partial charge in [-0.15, -0.1) is 0 Å². The lowest BCUT2D eigenvalue weighted by Gasteiger charge is -2.18. The maximum atomic E-state index is 13.3. The van der Waals surface area contributed by atoms with Gasteiger partial charge < -0.3 is 11.5 Å². The average molecular weight is 261 g/mol. The van der Waals surface area contributed by atoms with Crippen molar-refractivity contribution >= 4 is 23.7 Å². The summed E-state index contributed by atoms with van der Waals surface area (Å²) in [7, 11) is 0. The fourth-order valence-electron chi connectivity index (χ4n) is 0.994. The van der Waals surface area contributed by atoms with Gasteiger partial charge in [0.1, 0.15) is 0 Å². The minimum atomic E-state index is -1.27. The fourth-order valence-corrected chi connectivity index (χ4v) is 0.994. The van der Waals surface area contributed by atoms with Crippen molar-refractivity contribution in [1.82, 2.24) is 4.98 Å². The predicted molar refractivity (Wildman–Crippen MR) is 56.7 cm³/mol. The molecule has 98 valence electrons. The van der Waals surface area contributed by atoms with Gasteiger partial charge in [-0.1, -0.05) is 0 Å². The van der Waals surface area contributed by atoms with E-state index in [9.17, 15) is 18.4 Å². The molecule has 0 fully saturated rings. The van der Waals surface area contributed by atoms with Gasteiger partial charge in [0.05, 0.1) is 0 Å². The van der Waals surface area contributed by atoms with Crippen LogP contribution in [0.3, 0.4) is 0 Å². The van der Waals surface area contributed by atoms with Crippen LogP contribution in [-0.4, -0.2) is 17.0 Å². The van der Waals surface area contributed by atoms with E-state index in [0.717, 1.165) is 0 Å². The molecule has 8 N–H and O–H groups in total. The van der Waals surface area contributed by atoms with Crippen molar-refractivity contribution in [2.75, 3.05) is 10.0 Å². The van der Waals surface area contributed by atoms with Crippen molar-refractivity contribution in [2.24, 2.45) is 23.2 Å². The summed E-state index contributed by atoms with van der Waals surface area (Å²) in [5.74, 6) is 6.03. The van der Waals surface area contributed by atoms with E-state index in [1.807, 2.05) is 0 Å². The number of amides is 4. The number of carbonyl (C=O) groups excluding carboxylic acids is 2. The Morgan fingerprint density at radius 1 is 1.00 bits per heavy atom. The van der Waals surface area contributed by atoms with E-state index in [2.05, 4.69) is 4.98 Å². The zero-order chi connectivity index (χ0) is 14.0. The third-order valence-corrected chi connectivity index (χ3v) is 1.82. The van der Waals surface area contributed by atoms with Crippen molar-refractivity contribution < 1.29 is 18.4 Å². The van der Waals surface area contributed by atoms with Gasteiger partial charge in [-0.25, -0.2) is 45.1 Å². The lowest BCUT2D eigenvalue weighted by atomic mass is 10.4. The van der Waals surface area contributed by atoms with Crippen LogP contribution in [0.2, 0.25) is 0 Å². The quantitative estimate of drug-likeness (QED) is 0.301. The molecule has 0 aliphatic carbocycles. The van der Waals surface area contributed by atoms with Gasteiger partial charge in [0.15, 0.2) is 23.3 Å². The lowest BCUT2D eigenvalue weighted by Crippen LogP contribution is -2.45. The summed E-state index contributed by atoms with van der Waals surface area (Å²) in [5.41, 5.74) is 9.57. The topological polar surface area (TPSA) is 158 Å². The monoisotopic (exact) mass is 261 g/mol. The van der Waals surface area contributed by atoms with Crippen molar-refractivity contribution in [3.8, 4) is 0 Å². The normalized spacial score (nSPS) is 10.0. The smallest absolute Gasteiger partial charge is 0.335 e. The van der Waals surface area contributed by atoms with Crippen LogP contribution in [0.1, 0.15) is 0 Å². The number of halogens is 2. The van der Waals surface area contributed by atoms with E-state index in [0.29, 0.717) is 6.07 Å². The van der Waals surface area contributed by atoms with Crippen LogP contribution < -0.4 is 33.2 Å². The van der Waals surface area contributed by atoms with Gasteiger partial charge in [0.2, 0.25) is 0 Å². The molecule has 1 heterocycles. The first-order valence-corrected chi connectivity index (χ1v) is 4.30. The Kier molecular flexibility index (Phi) is 3.58. The molecule has 1 aromatic heterocycles. The first-order chi connectivity index (χ1) is 8.25. The molecular formula is C7H9F2N7O2. The molecule has 0 saturated heterocycles. The van der Waals surface area contributed by atoms with Crippen LogP contribution in [0.4, 0.5) is 30.0 Å². The number of primary amides is 2. The molecule has 0 spiro atoms. The lowest BCUT2D eigenvalue weighted by molar-refractivity contribution is 0.253. The number of rotatable bonds is 2. The van der Waals surface area contributed by atoms with Gasteiger partial charge in [-0.3, -0.25) is 0 Å². The van der Waals surface area contributed by atoms with Gasteiger partial charge >= 0.3 is 12.1 Å². The Balaban J connectivity index is 3.35. The molecule has 1 rings (SSSR count). The number of nitrogens with zero attached hydrogens (tertiary/aromatic N) is 3. The minimum Gasteiger partial charge on any atom is -0.350 e. The van der Waals surface area contributed by atoms with Gasteiger partial charge in [0.25, 0.3) is 0 Å². The molecule has 0 unspecified atom stereocenters. The summed E-state index contributed by atoms with van der Waals surface area (Å²) in [6.45, 7) is 0. The van der Waals surface area contributed by atoms with Crippen LogP contribution >= 0.6 is 0 Å². The number of hydrogen-bond acceptors (Lipinski definition) is 5. The molecule has 0 bridgehead atoms. The number of hydrogen-bond donors (Lipinski definition) is 4. The average Bonchev–Trinajstić information content (AvgIpc) is 2.27. The molecule has 1 aromatic rings. The van der Waals surface area contributed by atoms with Crippen LogP contribution in [0.15, 0.2) is 6.07 Å². The molecule has 0 aromatic carbocycles. The Hall–Kier alpha value is -2.53. The van der Waals surface area contributed by atoms with Crippen LogP contribution in [0, 0.1) is 11.6 Å². The highest BCUT2D eigenvalue weighted by Gasteiger charge is 2.22. The molecule has 0 atom stereocenters. The number of hydrazine groups is 2. The number of nitrogens with two attached hydrogens (primary N) is 4. The summed E-state index contributed by atoms with van der Waals surface area (Å²) >= 11 is 0. The highest BCUT2D eigenvalue weighted by Crippen LogP contribution is 2.22. The molecule has 0 saturated carbocycles. The molecule has 4 amide bonds. The maximum absolute atomic E-state index is 13.3. The number of anilines is 2. The van der Waals surface area contributed by atoms with E-state index >= 15 is 0 Å². The van der Waals surface area contributed by atoms with Crippen LogP contribution in [-0.2, 0) is 0 Å². The van der Waals surface area contributed by atoms with Gasteiger partial charge in [0, 0.05) is 6.07 Å². The molecule has 9 nitrogen and oxygen atoms in total. The van der Waals surface area contributed by atoms with E-state index in [-0.39, 0.29) is 10.0 Å².